The van der Waals surface area contributed by atoms with E-state index in [-0.39, 0.29) is 11.7 Å². The van der Waals surface area contributed by atoms with Crippen LogP contribution in [0.5, 0.6) is 0 Å². The first-order valence-electron chi connectivity index (χ1n) is 6.27. The molecule has 0 saturated carbocycles. The molecule has 0 fully saturated rings. The standard InChI is InChI=1S/C14H22FN3S/c1-10(6-7-19-3)18(2)9-12-5-4-11(14(16)17)8-13(12)15/h4-5,8,10H,6-7,9H2,1-3H3,(H3,16,17). The average Bonchev–Trinajstić information content (AvgIpc) is 2.37. The fourth-order valence-corrected chi connectivity index (χ4v) is 2.35. The molecule has 0 aliphatic rings. The van der Waals surface area contributed by atoms with E-state index in [0.29, 0.717) is 23.7 Å². The smallest absolute Gasteiger partial charge is 0.128 e. The number of hydrogen-bond donors (Lipinski definition) is 2. The van der Waals surface area contributed by atoms with Crippen molar-refractivity contribution in [2.45, 2.75) is 25.9 Å². The van der Waals surface area contributed by atoms with E-state index in [9.17, 15) is 4.39 Å². The fourth-order valence-electron chi connectivity index (χ4n) is 1.78. The maximum Gasteiger partial charge on any atom is 0.128 e. The quantitative estimate of drug-likeness (QED) is 0.597. The molecule has 3 nitrogen and oxygen atoms in total. The van der Waals surface area contributed by atoms with Gasteiger partial charge in [0.05, 0.1) is 0 Å². The number of nitrogen functional groups attached to an aromatic ring is 1. The predicted molar refractivity (Wildman–Crippen MR) is 81.3 cm³/mol. The van der Waals surface area contributed by atoms with Crippen molar-refractivity contribution < 1.29 is 4.39 Å². The Morgan fingerprint density at radius 3 is 2.74 bits per heavy atom. The lowest BCUT2D eigenvalue weighted by atomic mass is 10.1. The van der Waals surface area contributed by atoms with Crippen LogP contribution in [0.15, 0.2) is 18.2 Å². The Morgan fingerprint density at radius 2 is 2.21 bits per heavy atom. The minimum Gasteiger partial charge on any atom is -0.384 e. The highest BCUT2D eigenvalue weighted by atomic mass is 32.2. The molecule has 0 radical (unpaired) electrons. The topological polar surface area (TPSA) is 53.1 Å². The summed E-state index contributed by atoms with van der Waals surface area (Å²) >= 11 is 1.82. The van der Waals surface area contributed by atoms with Crippen LogP contribution in [0.25, 0.3) is 0 Å². The lowest BCUT2D eigenvalue weighted by Crippen LogP contribution is -2.29. The molecule has 106 valence electrons. The second-order valence-electron chi connectivity index (χ2n) is 4.77. The number of hydrogen-bond acceptors (Lipinski definition) is 3. The van der Waals surface area contributed by atoms with Crippen LogP contribution in [0.3, 0.4) is 0 Å². The second-order valence-corrected chi connectivity index (χ2v) is 5.75. The van der Waals surface area contributed by atoms with Gasteiger partial charge in [-0.1, -0.05) is 12.1 Å². The predicted octanol–water partition coefficient (Wildman–Crippen LogP) is 2.68. The van der Waals surface area contributed by atoms with E-state index in [0.717, 1.165) is 12.2 Å². The molecule has 3 N–H and O–H groups in total. The molecule has 0 saturated heterocycles. The highest BCUT2D eigenvalue weighted by Crippen LogP contribution is 2.15. The van der Waals surface area contributed by atoms with E-state index < -0.39 is 0 Å². The fraction of sp³-hybridized carbons (Fsp3) is 0.500. The summed E-state index contributed by atoms with van der Waals surface area (Å²) < 4.78 is 13.9. The van der Waals surface area contributed by atoms with Crippen LogP contribution >= 0.6 is 11.8 Å². The van der Waals surface area contributed by atoms with Gasteiger partial charge in [0.1, 0.15) is 11.7 Å². The van der Waals surface area contributed by atoms with Gasteiger partial charge in [0.2, 0.25) is 0 Å². The molecule has 5 heteroatoms. The van der Waals surface area contributed by atoms with Crippen molar-refractivity contribution in [3.05, 3.63) is 35.1 Å². The third-order valence-electron chi connectivity index (χ3n) is 3.28. The highest BCUT2D eigenvalue weighted by molar-refractivity contribution is 7.98. The van der Waals surface area contributed by atoms with E-state index in [1.54, 1.807) is 12.1 Å². The SMILES string of the molecule is CSCCC(C)N(C)Cc1ccc(C(=N)N)cc1F. The average molecular weight is 283 g/mol. The van der Waals surface area contributed by atoms with Crippen molar-refractivity contribution in [2.24, 2.45) is 5.73 Å². The molecular weight excluding hydrogens is 261 g/mol. The van der Waals surface area contributed by atoms with Crippen molar-refractivity contribution in [3.8, 4) is 0 Å². The van der Waals surface area contributed by atoms with Gasteiger partial charge in [-0.15, -0.1) is 0 Å². The van der Waals surface area contributed by atoms with Gasteiger partial charge in [-0.05, 0) is 38.5 Å². The summed E-state index contributed by atoms with van der Waals surface area (Å²) in [4.78, 5) is 2.14. The number of nitrogens with one attached hydrogen (secondary N) is 1. The molecule has 0 spiro atoms. The molecule has 0 aliphatic heterocycles. The normalized spacial score (nSPS) is 12.7. The van der Waals surface area contributed by atoms with Gasteiger partial charge in [-0.2, -0.15) is 11.8 Å². The number of halogens is 1. The Morgan fingerprint density at radius 1 is 1.53 bits per heavy atom. The Kier molecular flexibility index (Phi) is 6.31. The highest BCUT2D eigenvalue weighted by Gasteiger charge is 2.12. The van der Waals surface area contributed by atoms with E-state index >= 15 is 0 Å². The van der Waals surface area contributed by atoms with Crippen LogP contribution in [-0.2, 0) is 6.54 Å². The third-order valence-corrected chi connectivity index (χ3v) is 3.92. The van der Waals surface area contributed by atoms with Crippen molar-refractivity contribution in [1.82, 2.24) is 4.90 Å². The van der Waals surface area contributed by atoms with Crippen LogP contribution in [0, 0.1) is 11.2 Å². The van der Waals surface area contributed by atoms with Crippen LogP contribution in [-0.4, -0.2) is 35.8 Å². The van der Waals surface area contributed by atoms with Crippen LogP contribution < -0.4 is 5.73 Å². The molecule has 19 heavy (non-hydrogen) atoms. The first-order chi connectivity index (χ1) is 8.95. The summed E-state index contributed by atoms with van der Waals surface area (Å²) in [7, 11) is 2.00. The zero-order valence-corrected chi connectivity index (χ0v) is 12.6. The Balaban J connectivity index is 2.69. The summed E-state index contributed by atoms with van der Waals surface area (Å²) in [6.45, 7) is 2.72. The van der Waals surface area contributed by atoms with E-state index in [1.165, 1.54) is 6.07 Å². The maximum atomic E-state index is 13.9. The summed E-state index contributed by atoms with van der Waals surface area (Å²) in [5.74, 6) is 0.709. The maximum absolute atomic E-state index is 13.9. The molecule has 1 atom stereocenters. The third kappa shape index (κ3) is 4.84. The zero-order valence-electron chi connectivity index (χ0n) is 11.7. The summed E-state index contributed by atoms with van der Waals surface area (Å²) in [5, 5.41) is 7.29. The number of amidine groups is 1. The molecule has 1 rings (SSSR count). The molecule has 0 bridgehead atoms. The van der Waals surface area contributed by atoms with Gasteiger partial charge in [0, 0.05) is 23.7 Å². The Bertz CT molecular complexity index is 437. The number of nitrogens with zero attached hydrogens (tertiary/aromatic N) is 1. The molecule has 0 amide bonds. The van der Waals surface area contributed by atoms with Crippen LogP contribution in [0.2, 0.25) is 0 Å². The molecule has 0 aromatic heterocycles. The van der Waals surface area contributed by atoms with Crippen LogP contribution in [0.4, 0.5) is 4.39 Å². The van der Waals surface area contributed by atoms with Gasteiger partial charge in [-0.25, -0.2) is 4.39 Å². The second kappa shape index (κ2) is 7.50. The minimum atomic E-state index is -0.295. The number of nitrogens with two attached hydrogens (primary N) is 1. The van der Waals surface area contributed by atoms with Crippen molar-refractivity contribution in [3.63, 3.8) is 0 Å². The van der Waals surface area contributed by atoms with Crippen molar-refractivity contribution >= 4 is 17.6 Å². The van der Waals surface area contributed by atoms with Gasteiger partial charge in [-0.3, -0.25) is 10.3 Å². The largest absolute Gasteiger partial charge is 0.384 e. The van der Waals surface area contributed by atoms with Gasteiger partial charge in [0.15, 0.2) is 0 Å². The number of rotatable bonds is 7. The van der Waals surface area contributed by atoms with E-state index in [4.69, 9.17) is 11.1 Å². The van der Waals surface area contributed by atoms with Crippen molar-refractivity contribution in [2.75, 3.05) is 19.1 Å². The molecule has 0 aliphatic carbocycles. The zero-order chi connectivity index (χ0) is 14.4. The minimum absolute atomic E-state index is 0.104. The first kappa shape index (κ1) is 16.0. The summed E-state index contributed by atoms with van der Waals surface area (Å²) in [5.41, 5.74) is 6.41. The number of benzene rings is 1. The molecule has 1 aromatic carbocycles. The Hall–Kier alpha value is -1.07. The molecule has 1 unspecified atom stereocenters. The van der Waals surface area contributed by atoms with Gasteiger partial charge in [0.25, 0.3) is 0 Å². The summed E-state index contributed by atoms with van der Waals surface area (Å²) in [6.07, 6.45) is 3.18. The van der Waals surface area contributed by atoms with E-state index in [2.05, 4.69) is 18.1 Å². The summed E-state index contributed by atoms with van der Waals surface area (Å²) in [6, 6.07) is 5.16. The van der Waals surface area contributed by atoms with Crippen molar-refractivity contribution in [1.29, 1.82) is 5.41 Å². The number of thioether (sulfide) groups is 1. The lowest BCUT2D eigenvalue weighted by Gasteiger charge is -2.24. The Labute approximate surface area is 118 Å². The van der Waals surface area contributed by atoms with Gasteiger partial charge < -0.3 is 5.73 Å². The molecular formula is C14H22FN3S. The molecule has 0 heterocycles. The van der Waals surface area contributed by atoms with E-state index in [1.807, 2.05) is 18.8 Å². The lowest BCUT2D eigenvalue weighted by molar-refractivity contribution is 0.242. The first-order valence-corrected chi connectivity index (χ1v) is 7.67. The molecule has 1 aromatic rings. The monoisotopic (exact) mass is 283 g/mol. The van der Waals surface area contributed by atoms with Gasteiger partial charge >= 0.3 is 0 Å². The van der Waals surface area contributed by atoms with Crippen LogP contribution in [0.1, 0.15) is 24.5 Å².